The molecule has 276 valence electrons. The number of H-pyrrole nitrogens is 1. The second-order valence-corrected chi connectivity index (χ2v) is 13.9. The fourth-order valence-electron chi connectivity index (χ4n) is 7.82. The Balaban J connectivity index is 1.21. The second kappa shape index (κ2) is 14.3. The summed E-state index contributed by atoms with van der Waals surface area (Å²) in [6, 6.07) is 16.5. The van der Waals surface area contributed by atoms with Gasteiger partial charge in [0.1, 0.15) is 41.5 Å². The molecule has 52 heavy (non-hydrogen) atoms. The van der Waals surface area contributed by atoms with Crippen molar-refractivity contribution >= 4 is 11.6 Å². The molecule has 3 aliphatic heterocycles. The molecule has 10 nitrogen and oxygen atoms in total. The number of aromatic amines is 1. The van der Waals surface area contributed by atoms with E-state index in [4.69, 9.17) is 19.2 Å². The molecule has 0 amide bonds. The van der Waals surface area contributed by atoms with Crippen LogP contribution in [-0.2, 0) is 32.2 Å². The van der Waals surface area contributed by atoms with Crippen LogP contribution in [-0.4, -0.2) is 72.0 Å². The van der Waals surface area contributed by atoms with Crippen LogP contribution in [0.2, 0.25) is 0 Å². The fraction of sp³-hybridized carbons (Fsp3) is 0.447. The van der Waals surface area contributed by atoms with Gasteiger partial charge in [0.2, 0.25) is 0 Å². The Morgan fingerprint density at radius 3 is 2.25 bits per heavy atom. The van der Waals surface area contributed by atoms with Gasteiger partial charge in [-0.15, -0.1) is 0 Å². The fourth-order valence-corrected chi connectivity index (χ4v) is 7.82. The molecule has 0 saturated carbocycles. The second-order valence-electron chi connectivity index (χ2n) is 13.9. The van der Waals surface area contributed by atoms with Crippen LogP contribution in [0.5, 0.6) is 17.5 Å². The lowest BCUT2D eigenvalue weighted by Gasteiger charge is -2.33. The standard InChI is InChI=1S/C38H42F4N6O4/c1-24-17-32(47(19-25-5-9-28(50-2)10-6-25)20-26-7-11-29(51-3)12-8-26)44-34(33(24)38(40,41)42)46-16-13-30-31(22-46)43-36(45-35(30)49)52-23-37-14-4-15-48(37)21-27(39)18-37/h5-12,17,27H,4,13-16,18-23H2,1-3H3,(H,43,45,49)/t27-,37+/m1/s1. The first-order chi connectivity index (χ1) is 24.9. The molecule has 7 rings (SSSR count). The summed E-state index contributed by atoms with van der Waals surface area (Å²) in [6.07, 6.45) is -3.39. The first-order valence-corrected chi connectivity index (χ1v) is 17.4. The summed E-state index contributed by atoms with van der Waals surface area (Å²) >= 11 is 0. The summed E-state index contributed by atoms with van der Waals surface area (Å²) in [4.78, 5) is 30.7. The molecule has 0 aliphatic carbocycles. The smallest absolute Gasteiger partial charge is 0.420 e. The van der Waals surface area contributed by atoms with Crippen LogP contribution in [0, 0.1) is 6.92 Å². The van der Waals surface area contributed by atoms with Gasteiger partial charge in [-0.05, 0) is 79.8 Å². The number of benzene rings is 2. The maximum Gasteiger partial charge on any atom is 0.420 e. The molecule has 0 radical (unpaired) electrons. The Bertz CT molecular complexity index is 1910. The van der Waals surface area contributed by atoms with Crippen molar-refractivity contribution in [3.63, 3.8) is 0 Å². The number of nitrogens with zero attached hydrogens (tertiary/aromatic N) is 5. The van der Waals surface area contributed by atoms with Gasteiger partial charge in [-0.2, -0.15) is 18.2 Å². The third-order valence-electron chi connectivity index (χ3n) is 10.4. The lowest BCUT2D eigenvalue weighted by Crippen LogP contribution is -2.44. The number of hydrogen-bond acceptors (Lipinski definition) is 9. The van der Waals surface area contributed by atoms with Gasteiger partial charge in [0.05, 0.1) is 32.0 Å². The highest BCUT2D eigenvalue weighted by molar-refractivity contribution is 5.60. The van der Waals surface area contributed by atoms with E-state index in [0.29, 0.717) is 54.6 Å². The normalized spacial score (nSPS) is 20.1. The van der Waals surface area contributed by atoms with Crippen LogP contribution in [0.3, 0.4) is 0 Å². The summed E-state index contributed by atoms with van der Waals surface area (Å²) in [5.41, 5.74) is 0.900. The highest BCUT2D eigenvalue weighted by Gasteiger charge is 2.49. The maximum absolute atomic E-state index is 14.8. The zero-order valence-corrected chi connectivity index (χ0v) is 29.4. The molecule has 2 aromatic carbocycles. The van der Waals surface area contributed by atoms with Crippen LogP contribution in [0.1, 0.15) is 52.8 Å². The van der Waals surface area contributed by atoms with E-state index in [1.165, 1.54) is 13.0 Å². The molecule has 0 spiro atoms. The van der Waals surface area contributed by atoms with Gasteiger partial charge in [0.15, 0.2) is 0 Å². The zero-order valence-electron chi connectivity index (χ0n) is 29.4. The summed E-state index contributed by atoms with van der Waals surface area (Å²) in [5, 5.41) is 0. The molecule has 5 heterocycles. The minimum absolute atomic E-state index is 0.0202. The van der Waals surface area contributed by atoms with Gasteiger partial charge in [-0.3, -0.25) is 14.7 Å². The number of fused-ring (bicyclic) bond motifs is 2. The number of alkyl halides is 4. The minimum Gasteiger partial charge on any atom is -0.497 e. The highest BCUT2D eigenvalue weighted by atomic mass is 19.4. The Labute approximate surface area is 299 Å². The Kier molecular flexibility index (Phi) is 9.77. The SMILES string of the molecule is COc1ccc(CN(Cc2ccc(OC)cc2)c2cc(C)c(C(F)(F)F)c(N3CCc4c(nc(OC[C@@]56CCCN5C[C@H](F)C6)[nH]c4=O)C3)n2)cc1. The van der Waals surface area contributed by atoms with Crippen LogP contribution < -0.4 is 29.6 Å². The molecule has 2 aromatic heterocycles. The molecule has 0 bridgehead atoms. The Morgan fingerprint density at radius 2 is 1.63 bits per heavy atom. The average Bonchev–Trinajstić information content (AvgIpc) is 3.65. The van der Waals surface area contributed by atoms with Gasteiger partial charge >= 0.3 is 6.18 Å². The number of methoxy groups -OCH3 is 2. The predicted molar refractivity (Wildman–Crippen MR) is 188 cm³/mol. The van der Waals surface area contributed by atoms with Crippen LogP contribution in [0.15, 0.2) is 59.4 Å². The van der Waals surface area contributed by atoms with Crippen LogP contribution in [0.25, 0.3) is 0 Å². The van der Waals surface area contributed by atoms with Crippen molar-refractivity contribution in [2.24, 2.45) is 0 Å². The van der Waals surface area contributed by atoms with Crippen LogP contribution in [0.4, 0.5) is 29.2 Å². The van der Waals surface area contributed by atoms with Crippen molar-refractivity contribution in [1.29, 1.82) is 0 Å². The number of aryl methyl sites for hydroxylation is 1. The summed E-state index contributed by atoms with van der Waals surface area (Å²) < 4.78 is 75.4. The monoisotopic (exact) mass is 722 g/mol. The van der Waals surface area contributed by atoms with E-state index in [1.54, 1.807) is 19.1 Å². The molecule has 2 saturated heterocycles. The first-order valence-electron chi connectivity index (χ1n) is 17.4. The van der Waals surface area contributed by atoms with Crippen molar-refractivity contribution < 1.29 is 31.8 Å². The van der Waals surface area contributed by atoms with E-state index in [0.717, 1.165) is 30.5 Å². The van der Waals surface area contributed by atoms with E-state index in [9.17, 15) is 22.4 Å². The van der Waals surface area contributed by atoms with Gasteiger partial charge in [-0.1, -0.05) is 24.3 Å². The summed E-state index contributed by atoms with van der Waals surface area (Å²) in [5.74, 6) is 1.51. The van der Waals surface area contributed by atoms with E-state index < -0.39 is 29.0 Å². The molecule has 14 heteroatoms. The van der Waals surface area contributed by atoms with E-state index >= 15 is 0 Å². The summed E-state index contributed by atoms with van der Waals surface area (Å²) in [6.45, 7) is 3.53. The van der Waals surface area contributed by atoms with Crippen molar-refractivity contribution in [2.45, 2.75) is 70.1 Å². The van der Waals surface area contributed by atoms with Crippen molar-refractivity contribution in [2.75, 3.05) is 50.3 Å². The number of aromatic nitrogens is 3. The number of ether oxygens (including phenoxy) is 3. The maximum atomic E-state index is 14.8. The topological polar surface area (TPSA) is 96.0 Å². The molecular weight excluding hydrogens is 680 g/mol. The summed E-state index contributed by atoms with van der Waals surface area (Å²) in [7, 11) is 3.17. The molecule has 2 fully saturated rings. The number of hydrogen-bond donors (Lipinski definition) is 1. The number of anilines is 2. The van der Waals surface area contributed by atoms with E-state index in [2.05, 4.69) is 14.9 Å². The number of pyridine rings is 1. The lowest BCUT2D eigenvalue weighted by molar-refractivity contribution is -0.137. The molecule has 3 aliphatic rings. The van der Waals surface area contributed by atoms with Crippen LogP contribution >= 0.6 is 0 Å². The first kappa shape index (κ1) is 35.5. The molecule has 1 N–H and O–H groups in total. The molecular formula is C38H42F4N6O4. The molecule has 4 aromatic rings. The third kappa shape index (κ3) is 7.25. The largest absolute Gasteiger partial charge is 0.497 e. The van der Waals surface area contributed by atoms with Crippen molar-refractivity contribution in [3.05, 3.63) is 98.5 Å². The highest BCUT2D eigenvalue weighted by Crippen LogP contribution is 2.42. The average molecular weight is 723 g/mol. The predicted octanol–water partition coefficient (Wildman–Crippen LogP) is 6.23. The van der Waals surface area contributed by atoms with Gasteiger partial charge in [0, 0.05) is 38.2 Å². The van der Waals surface area contributed by atoms with E-state index in [-0.39, 0.29) is 43.5 Å². The number of halogens is 4. The van der Waals surface area contributed by atoms with Gasteiger partial charge in [-0.25, -0.2) is 9.37 Å². The van der Waals surface area contributed by atoms with Gasteiger partial charge in [0.25, 0.3) is 11.6 Å². The third-order valence-corrected chi connectivity index (χ3v) is 10.4. The molecule has 0 unspecified atom stereocenters. The lowest BCUT2D eigenvalue weighted by atomic mass is 9.95. The van der Waals surface area contributed by atoms with E-state index in [1.807, 2.05) is 53.4 Å². The van der Waals surface area contributed by atoms with Crippen molar-refractivity contribution in [1.82, 2.24) is 19.9 Å². The quantitative estimate of drug-likeness (QED) is 0.181. The van der Waals surface area contributed by atoms with Crippen molar-refractivity contribution in [3.8, 4) is 17.5 Å². The number of nitrogens with one attached hydrogen (secondary N) is 1. The zero-order chi connectivity index (χ0) is 36.6. The molecule has 2 atom stereocenters. The Morgan fingerprint density at radius 1 is 0.981 bits per heavy atom. The number of rotatable bonds is 11. The minimum atomic E-state index is -4.69. The van der Waals surface area contributed by atoms with Gasteiger partial charge < -0.3 is 24.0 Å². The Hall–Kier alpha value is -4.85.